The summed E-state index contributed by atoms with van der Waals surface area (Å²) < 4.78 is 15.3. The van der Waals surface area contributed by atoms with Crippen LogP contribution in [0.25, 0.3) is 0 Å². The molecule has 0 aromatic carbocycles. The highest BCUT2D eigenvalue weighted by molar-refractivity contribution is 7.46. The molecule has 0 aromatic rings. The molecule has 0 radical (unpaired) electrons. The average molecular weight is 366 g/mol. The van der Waals surface area contributed by atoms with Crippen LogP contribution in [-0.4, -0.2) is 38.9 Å². The molecule has 2 aliphatic carbocycles. The van der Waals surface area contributed by atoms with E-state index in [1.54, 1.807) is 0 Å². The number of allylic oxidation sites excluding steroid dienone is 6. The molecule has 3 amide bonds. The van der Waals surface area contributed by atoms with Crippen molar-refractivity contribution in [3.63, 3.8) is 0 Å². The number of carbonyl (C=O) groups excluding carboxylic acids is 2. The fraction of sp³-hybridized carbons (Fsp3) is 0.375. The zero-order valence-electron chi connectivity index (χ0n) is 13.4. The fourth-order valence-corrected chi connectivity index (χ4v) is 3.56. The standard InChI is InChI=1S/C16H19N2O6P/c19-14-16(12-7-3-1-4-8-12,13-9-5-2-6-10-13)17-15(20)18(14)11-24-25(21,22)23/h1-3,5,7,9H,4,6,8,10-11H2,(H,17,20)(H2,21,22,23). The van der Waals surface area contributed by atoms with Crippen molar-refractivity contribution in [1.82, 2.24) is 10.2 Å². The molecule has 134 valence electrons. The van der Waals surface area contributed by atoms with Crippen LogP contribution < -0.4 is 5.32 Å². The van der Waals surface area contributed by atoms with Crippen molar-refractivity contribution < 1.29 is 28.5 Å². The van der Waals surface area contributed by atoms with Crippen molar-refractivity contribution in [3.8, 4) is 0 Å². The van der Waals surface area contributed by atoms with E-state index in [4.69, 9.17) is 9.79 Å². The van der Waals surface area contributed by atoms with Crippen LogP contribution in [0, 0.1) is 0 Å². The van der Waals surface area contributed by atoms with Crippen molar-refractivity contribution >= 4 is 19.8 Å². The lowest BCUT2D eigenvalue weighted by atomic mass is 9.75. The smallest absolute Gasteiger partial charge is 0.316 e. The van der Waals surface area contributed by atoms with E-state index in [1.807, 2.05) is 36.5 Å². The molecular weight excluding hydrogens is 347 g/mol. The maximum Gasteiger partial charge on any atom is 0.471 e. The molecule has 0 bridgehead atoms. The van der Waals surface area contributed by atoms with Gasteiger partial charge in [0.05, 0.1) is 0 Å². The average Bonchev–Trinajstić information content (AvgIpc) is 2.85. The Bertz CT molecular complexity index is 729. The first-order valence-electron chi connectivity index (χ1n) is 7.91. The summed E-state index contributed by atoms with van der Waals surface area (Å²) in [6, 6.07) is -0.732. The number of carbonyl (C=O) groups is 2. The van der Waals surface area contributed by atoms with Gasteiger partial charge in [-0.3, -0.25) is 9.32 Å². The van der Waals surface area contributed by atoms with Gasteiger partial charge in [0.15, 0.2) is 5.54 Å². The Morgan fingerprint density at radius 3 is 2.12 bits per heavy atom. The molecule has 9 heteroatoms. The normalized spacial score (nSPS) is 22.7. The topological polar surface area (TPSA) is 116 Å². The summed E-state index contributed by atoms with van der Waals surface area (Å²) >= 11 is 0. The number of phosphoric acid groups is 1. The van der Waals surface area contributed by atoms with E-state index in [0.717, 1.165) is 24.0 Å². The van der Waals surface area contributed by atoms with E-state index in [1.165, 1.54) is 0 Å². The van der Waals surface area contributed by atoms with Crippen molar-refractivity contribution in [2.75, 3.05) is 6.73 Å². The minimum absolute atomic E-state index is 0.575. The Kier molecular flexibility index (Phi) is 4.79. The van der Waals surface area contributed by atoms with Crippen molar-refractivity contribution in [2.24, 2.45) is 0 Å². The van der Waals surface area contributed by atoms with Gasteiger partial charge >= 0.3 is 13.9 Å². The summed E-state index contributed by atoms with van der Waals surface area (Å²) in [5.41, 5.74) is 0.201. The second-order valence-electron chi connectivity index (χ2n) is 5.98. The van der Waals surface area contributed by atoms with Crippen molar-refractivity contribution in [3.05, 3.63) is 47.6 Å². The van der Waals surface area contributed by atoms with Crippen LogP contribution in [0.3, 0.4) is 0 Å². The number of nitrogens with zero attached hydrogens (tertiary/aromatic N) is 1. The van der Waals surface area contributed by atoms with E-state index < -0.39 is 32.0 Å². The third-order valence-electron chi connectivity index (χ3n) is 4.45. The Hall–Kier alpha value is -1.99. The molecule has 0 saturated carbocycles. The maximum atomic E-state index is 13.1. The van der Waals surface area contributed by atoms with Crippen LogP contribution in [0.4, 0.5) is 4.79 Å². The summed E-state index contributed by atoms with van der Waals surface area (Å²) in [6.45, 7) is -0.803. The highest BCUT2D eigenvalue weighted by Crippen LogP contribution is 2.41. The molecule has 3 rings (SSSR count). The van der Waals surface area contributed by atoms with Gasteiger partial charge in [0.25, 0.3) is 5.91 Å². The van der Waals surface area contributed by atoms with Crippen LogP contribution in [0.2, 0.25) is 0 Å². The molecule has 1 aliphatic heterocycles. The van der Waals surface area contributed by atoms with Crippen molar-refractivity contribution in [1.29, 1.82) is 0 Å². The summed E-state index contributed by atoms with van der Waals surface area (Å²) in [4.78, 5) is 43.9. The molecule has 1 saturated heterocycles. The van der Waals surface area contributed by atoms with Crippen LogP contribution in [0.15, 0.2) is 47.6 Å². The van der Waals surface area contributed by atoms with E-state index in [0.29, 0.717) is 17.7 Å². The minimum Gasteiger partial charge on any atom is -0.316 e. The third kappa shape index (κ3) is 3.39. The highest BCUT2D eigenvalue weighted by Gasteiger charge is 2.55. The number of nitrogens with one attached hydrogen (secondary N) is 1. The van der Waals surface area contributed by atoms with Gasteiger partial charge in [-0.1, -0.05) is 36.5 Å². The number of amides is 3. The number of urea groups is 1. The summed E-state index contributed by atoms with van der Waals surface area (Å²) in [5.74, 6) is -0.575. The number of rotatable bonds is 5. The highest BCUT2D eigenvalue weighted by atomic mass is 31.2. The molecule has 0 atom stereocenters. The molecule has 0 unspecified atom stereocenters. The van der Waals surface area contributed by atoms with Gasteiger partial charge in [-0.05, 0) is 36.8 Å². The fourth-order valence-electron chi connectivity index (χ4n) is 3.30. The van der Waals surface area contributed by atoms with E-state index in [9.17, 15) is 14.2 Å². The quantitative estimate of drug-likeness (QED) is 0.505. The molecule has 3 N–H and O–H groups in total. The molecule has 1 heterocycles. The lowest BCUT2D eigenvalue weighted by Gasteiger charge is -2.34. The zero-order chi connectivity index (χ0) is 18.1. The Labute approximate surface area is 144 Å². The predicted octanol–water partition coefficient (Wildman–Crippen LogP) is 1.90. The number of hydrogen-bond donors (Lipinski definition) is 3. The van der Waals surface area contributed by atoms with E-state index in [-0.39, 0.29) is 0 Å². The SMILES string of the molecule is O=C1NC(C2=CC=CCC2)(C2=CC=CCC2)C(=O)N1COP(=O)(O)O. The first-order valence-corrected chi connectivity index (χ1v) is 9.44. The minimum atomic E-state index is -4.80. The molecule has 0 spiro atoms. The van der Waals surface area contributed by atoms with Gasteiger partial charge in [0.1, 0.15) is 6.73 Å². The first kappa shape index (κ1) is 17.8. The van der Waals surface area contributed by atoms with E-state index in [2.05, 4.69) is 9.84 Å². The second-order valence-corrected chi connectivity index (χ2v) is 7.22. The van der Waals surface area contributed by atoms with Crippen LogP contribution in [-0.2, 0) is 13.9 Å². The summed E-state index contributed by atoms with van der Waals surface area (Å²) in [5, 5.41) is 2.74. The summed E-state index contributed by atoms with van der Waals surface area (Å²) in [6.07, 6.45) is 14.0. The van der Waals surface area contributed by atoms with Gasteiger partial charge in [-0.2, -0.15) is 0 Å². The number of imide groups is 1. The van der Waals surface area contributed by atoms with Gasteiger partial charge < -0.3 is 15.1 Å². The van der Waals surface area contributed by atoms with Crippen LogP contribution in [0.1, 0.15) is 25.7 Å². The molecule has 25 heavy (non-hydrogen) atoms. The summed E-state index contributed by atoms with van der Waals surface area (Å²) in [7, 11) is -4.80. The van der Waals surface area contributed by atoms with Gasteiger partial charge in [0.2, 0.25) is 0 Å². The monoisotopic (exact) mass is 366 g/mol. The van der Waals surface area contributed by atoms with E-state index >= 15 is 0 Å². The molecule has 3 aliphatic rings. The number of phosphoric ester groups is 1. The lowest BCUT2D eigenvalue weighted by Crippen LogP contribution is -2.51. The third-order valence-corrected chi connectivity index (χ3v) is 4.90. The lowest BCUT2D eigenvalue weighted by molar-refractivity contribution is -0.131. The molecule has 8 nitrogen and oxygen atoms in total. The largest absolute Gasteiger partial charge is 0.471 e. The van der Waals surface area contributed by atoms with Gasteiger partial charge in [-0.25, -0.2) is 14.3 Å². The zero-order valence-corrected chi connectivity index (χ0v) is 14.3. The van der Waals surface area contributed by atoms with Crippen molar-refractivity contribution in [2.45, 2.75) is 31.2 Å². The Morgan fingerprint density at radius 1 is 1.12 bits per heavy atom. The predicted molar refractivity (Wildman–Crippen MR) is 89.0 cm³/mol. The maximum absolute atomic E-state index is 13.1. The molecule has 0 aromatic heterocycles. The Morgan fingerprint density at radius 2 is 1.68 bits per heavy atom. The molecular formula is C16H19N2O6P. The second kappa shape index (κ2) is 6.72. The number of hydrogen-bond acceptors (Lipinski definition) is 4. The molecule has 1 fully saturated rings. The van der Waals surface area contributed by atoms with Gasteiger partial charge in [0, 0.05) is 0 Å². The Balaban J connectivity index is 1.99. The first-order chi connectivity index (χ1) is 11.8. The van der Waals surface area contributed by atoms with Gasteiger partial charge in [-0.15, -0.1) is 0 Å². The van der Waals surface area contributed by atoms with Crippen LogP contribution >= 0.6 is 7.82 Å². The van der Waals surface area contributed by atoms with Crippen LogP contribution in [0.5, 0.6) is 0 Å².